The summed E-state index contributed by atoms with van der Waals surface area (Å²) in [6.07, 6.45) is 6.95. The molecule has 2 aromatic heterocycles. The Balaban J connectivity index is 1.63. The van der Waals surface area contributed by atoms with E-state index in [9.17, 15) is 5.11 Å². The van der Waals surface area contributed by atoms with Crippen molar-refractivity contribution in [2.75, 3.05) is 13.1 Å². The topological polar surface area (TPSA) is 82.9 Å². The Labute approximate surface area is 111 Å². The van der Waals surface area contributed by atoms with Gasteiger partial charge in [0.15, 0.2) is 0 Å². The van der Waals surface area contributed by atoms with Gasteiger partial charge >= 0.3 is 0 Å². The molecular weight excluding hydrogens is 244 g/mol. The van der Waals surface area contributed by atoms with Crippen LogP contribution in [0, 0.1) is 0 Å². The van der Waals surface area contributed by atoms with Crippen molar-refractivity contribution in [3.05, 3.63) is 30.4 Å². The zero-order valence-electron chi connectivity index (χ0n) is 10.7. The van der Waals surface area contributed by atoms with Gasteiger partial charge in [-0.05, 0) is 25.5 Å². The molecule has 0 radical (unpaired) electrons. The predicted octanol–water partition coefficient (Wildman–Crippen LogP) is 0.0283. The Hall–Kier alpha value is -1.73. The van der Waals surface area contributed by atoms with Crippen molar-refractivity contribution < 1.29 is 5.11 Å². The number of H-pyrrole nitrogens is 1. The number of likely N-dealkylation sites (tertiary alicyclic amines) is 1. The van der Waals surface area contributed by atoms with Crippen molar-refractivity contribution in [3.8, 4) is 0 Å². The van der Waals surface area contributed by atoms with Gasteiger partial charge in [0.05, 0.1) is 18.3 Å². The Morgan fingerprint density at radius 1 is 1.42 bits per heavy atom. The number of aromatic amines is 1. The van der Waals surface area contributed by atoms with Gasteiger partial charge in [0.2, 0.25) is 0 Å². The molecule has 1 aliphatic rings. The molecule has 0 aromatic carbocycles. The molecule has 19 heavy (non-hydrogen) atoms. The molecule has 0 spiro atoms. The lowest BCUT2D eigenvalue weighted by Gasteiger charge is -2.38. The van der Waals surface area contributed by atoms with Crippen LogP contribution in [0.15, 0.2) is 24.7 Å². The molecule has 0 aliphatic carbocycles. The smallest absolute Gasteiger partial charge is 0.0970 e. The molecule has 2 N–H and O–H groups in total. The molecule has 0 bridgehead atoms. The normalized spacial score (nSPS) is 24.7. The maximum absolute atomic E-state index is 10.7. The maximum atomic E-state index is 10.7. The second-order valence-corrected chi connectivity index (χ2v) is 5.22. The van der Waals surface area contributed by atoms with Crippen molar-refractivity contribution in [2.45, 2.75) is 31.5 Å². The Kier molecular flexibility index (Phi) is 3.31. The lowest BCUT2D eigenvalue weighted by Crippen LogP contribution is -2.50. The van der Waals surface area contributed by atoms with E-state index in [1.165, 1.54) is 0 Å². The molecule has 0 saturated carbocycles. The second-order valence-electron chi connectivity index (χ2n) is 5.22. The predicted molar refractivity (Wildman–Crippen MR) is 68.1 cm³/mol. The monoisotopic (exact) mass is 262 g/mol. The van der Waals surface area contributed by atoms with E-state index in [1.807, 2.05) is 6.07 Å². The Morgan fingerprint density at radius 3 is 3.11 bits per heavy atom. The van der Waals surface area contributed by atoms with E-state index in [2.05, 4.69) is 25.4 Å². The van der Waals surface area contributed by atoms with Gasteiger partial charge in [0.25, 0.3) is 0 Å². The zero-order valence-corrected chi connectivity index (χ0v) is 10.7. The fourth-order valence-electron chi connectivity index (χ4n) is 2.70. The summed E-state index contributed by atoms with van der Waals surface area (Å²) in [5.74, 6) is 0. The van der Waals surface area contributed by atoms with Crippen LogP contribution in [0.5, 0.6) is 0 Å². The second kappa shape index (κ2) is 5.10. The average molecular weight is 262 g/mol. The molecule has 102 valence electrons. The van der Waals surface area contributed by atoms with E-state index in [0.29, 0.717) is 13.1 Å². The minimum Gasteiger partial charge on any atom is -0.387 e. The summed E-state index contributed by atoms with van der Waals surface area (Å²) >= 11 is 0. The fraction of sp³-hybridized carbons (Fsp3) is 0.583. The number of nitrogens with one attached hydrogen (secondary N) is 1. The first kappa shape index (κ1) is 12.3. The number of aliphatic hydroxyl groups is 1. The van der Waals surface area contributed by atoms with E-state index in [4.69, 9.17) is 0 Å². The third-order valence-electron chi connectivity index (χ3n) is 3.52. The fourth-order valence-corrected chi connectivity index (χ4v) is 2.70. The standard InChI is InChI=1S/C12H18N6O/c19-12(10-18-7-5-14-16-18)3-1-6-17(9-12)8-11-2-4-13-15-11/h2,4-5,7,19H,1,3,6,8-10H2,(H,13,15). The van der Waals surface area contributed by atoms with Crippen LogP contribution >= 0.6 is 0 Å². The Morgan fingerprint density at radius 2 is 2.37 bits per heavy atom. The van der Waals surface area contributed by atoms with Crippen LogP contribution in [0.3, 0.4) is 0 Å². The van der Waals surface area contributed by atoms with Crippen molar-refractivity contribution in [1.29, 1.82) is 0 Å². The molecular formula is C12H18N6O. The van der Waals surface area contributed by atoms with Crippen LogP contribution in [0.2, 0.25) is 0 Å². The number of rotatable bonds is 4. The largest absolute Gasteiger partial charge is 0.387 e. The molecule has 1 aliphatic heterocycles. The van der Waals surface area contributed by atoms with E-state index in [-0.39, 0.29) is 0 Å². The lowest BCUT2D eigenvalue weighted by molar-refractivity contribution is -0.0481. The van der Waals surface area contributed by atoms with E-state index in [0.717, 1.165) is 31.6 Å². The Bertz CT molecular complexity index is 496. The summed E-state index contributed by atoms with van der Waals surface area (Å²) in [7, 11) is 0. The number of hydrogen-bond donors (Lipinski definition) is 2. The van der Waals surface area contributed by atoms with Gasteiger partial charge in [-0.25, -0.2) is 4.68 Å². The summed E-state index contributed by atoms with van der Waals surface area (Å²) in [4.78, 5) is 2.24. The van der Waals surface area contributed by atoms with Crippen molar-refractivity contribution in [1.82, 2.24) is 30.1 Å². The van der Waals surface area contributed by atoms with Crippen molar-refractivity contribution >= 4 is 0 Å². The van der Waals surface area contributed by atoms with Gasteiger partial charge in [0.1, 0.15) is 0 Å². The highest BCUT2D eigenvalue weighted by atomic mass is 16.3. The summed E-state index contributed by atoms with van der Waals surface area (Å²) in [5, 5.41) is 25.3. The van der Waals surface area contributed by atoms with Gasteiger partial charge < -0.3 is 5.11 Å². The molecule has 0 amide bonds. The van der Waals surface area contributed by atoms with Gasteiger partial charge in [-0.2, -0.15) is 5.10 Å². The maximum Gasteiger partial charge on any atom is 0.0970 e. The molecule has 7 heteroatoms. The molecule has 3 rings (SSSR count). The summed E-state index contributed by atoms with van der Waals surface area (Å²) in [6, 6.07) is 1.96. The number of β-amino-alcohol motifs (C(OH)–C–C–N with tert-alkyl or cyclic N) is 1. The number of piperidine rings is 1. The van der Waals surface area contributed by atoms with Gasteiger partial charge in [-0.1, -0.05) is 5.21 Å². The van der Waals surface area contributed by atoms with E-state index in [1.54, 1.807) is 23.3 Å². The first-order chi connectivity index (χ1) is 9.23. The average Bonchev–Trinajstić information content (AvgIpc) is 3.02. The SMILES string of the molecule is OC1(Cn2ccnn2)CCCN(Cc2ccn[nH]2)C1. The number of nitrogens with zero attached hydrogens (tertiary/aromatic N) is 5. The number of aromatic nitrogens is 5. The summed E-state index contributed by atoms with van der Waals surface area (Å²) < 4.78 is 1.69. The molecule has 2 aromatic rings. The molecule has 1 saturated heterocycles. The van der Waals surface area contributed by atoms with Gasteiger partial charge in [-0.15, -0.1) is 5.10 Å². The van der Waals surface area contributed by atoms with E-state index >= 15 is 0 Å². The highest BCUT2D eigenvalue weighted by molar-refractivity contribution is 4.99. The first-order valence-electron chi connectivity index (χ1n) is 6.51. The summed E-state index contributed by atoms with van der Waals surface area (Å²) in [5.41, 5.74) is 0.344. The van der Waals surface area contributed by atoms with E-state index < -0.39 is 5.60 Å². The van der Waals surface area contributed by atoms with Crippen LogP contribution in [0.25, 0.3) is 0 Å². The lowest BCUT2D eigenvalue weighted by atomic mass is 9.92. The molecule has 1 atom stereocenters. The van der Waals surface area contributed by atoms with Gasteiger partial charge in [0, 0.05) is 31.2 Å². The van der Waals surface area contributed by atoms with Crippen molar-refractivity contribution in [2.24, 2.45) is 0 Å². The zero-order chi connectivity index (χ0) is 13.1. The van der Waals surface area contributed by atoms with Crippen molar-refractivity contribution in [3.63, 3.8) is 0 Å². The minimum absolute atomic E-state index is 0.493. The third-order valence-corrected chi connectivity index (χ3v) is 3.52. The molecule has 1 fully saturated rings. The highest BCUT2D eigenvalue weighted by Gasteiger charge is 2.34. The van der Waals surface area contributed by atoms with Crippen LogP contribution < -0.4 is 0 Å². The summed E-state index contributed by atoms with van der Waals surface area (Å²) in [6.45, 7) is 2.93. The first-order valence-corrected chi connectivity index (χ1v) is 6.51. The van der Waals surface area contributed by atoms with Crippen LogP contribution in [-0.2, 0) is 13.1 Å². The minimum atomic E-state index is -0.730. The molecule has 1 unspecified atom stereocenters. The third kappa shape index (κ3) is 2.99. The van der Waals surface area contributed by atoms with Crippen LogP contribution in [0.1, 0.15) is 18.5 Å². The van der Waals surface area contributed by atoms with Crippen LogP contribution in [-0.4, -0.2) is 53.9 Å². The molecule has 7 nitrogen and oxygen atoms in total. The quantitative estimate of drug-likeness (QED) is 0.812. The highest BCUT2D eigenvalue weighted by Crippen LogP contribution is 2.23. The van der Waals surface area contributed by atoms with Gasteiger partial charge in [-0.3, -0.25) is 10.00 Å². The molecule has 3 heterocycles. The van der Waals surface area contributed by atoms with Crippen LogP contribution in [0.4, 0.5) is 0 Å². The number of hydrogen-bond acceptors (Lipinski definition) is 5.